The van der Waals surface area contributed by atoms with Crippen LogP contribution in [0.4, 0.5) is 5.82 Å². The van der Waals surface area contributed by atoms with E-state index < -0.39 is 0 Å². The summed E-state index contributed by atoms with van der Waals surface area (Å²) in [5.41, 5.74) is 1.01. The number of hydrogen-bond acceptors (Lipinski definition) is 5. The summed E-state index contributed by atoms with van der Waals surface area (Å²) in [7, 11) is 3.61. The Bertz CT molecular complexity index is 327. The van der Waals surface area contributed by atoms with E-state index in [0.29, 0.717) is 6.10 Å². The van der Waals surface area contributed by atoms with E-state index in [9.17, 15) is 0 Å². The third-order valence-electron chi connectivity index (χ3n) is 2.91. The highest BCUT2D eigenvalue weighted by Gasteiger charge is 2.22. The fourth-order valence-corrected chi connectivity index (χ4v) is 1.93. The molecule has 0 aromatic carbocycles. The van der Waals surface area contributed by atoms with Gasteiger partial charge in [0.2, 0.25) is 0 Å². The summed E-state index contributed by atoms with van der Waals surface area (Å²) in [6, 6.07) is 0. The molecule has 1 saturated heterocycles. The molecule has 1 atom stereocenters. The molecule has 2 heterocycles. The van der Waals surface area contributed by atoms with Gasteiger partial charge in [-0.25, -0.2) is 4.98 Å². The van der Waals surface area contributed by atoms with Gasteiger partial charge in [-0.3, -0.25) is 9.88 Å². The van der Waals surface area contributed by atoms with Crippen molar-refractivity contribution < 1.29 is 4.74 Å². The zero-order valence-electron chi connectivity index (χ0n) is 9.81. The molecule has 5 nitrogen and oxygen atoms in total. The third-order valence-corrected chi connectivity index (χ3v) is 2.91. The number of ether oxygens (including phenoxy) is 1. The summed E-state index contributed by atoms with van der Waals surface area (Å²) in [5, 5.41) is 2.96. The lowest BCUT2D eigenvalue weighted by molar-refractivity contribution is 0.107. The fourth-order valence-electron chi connectivity index (χ4n) is 1.93. The Kier molecular flexibility index (Phi) is 3.69. The summed E-state index contributed by atoms with van der Waals surface area (Å²) >= 11 is 0. The Labute approximate surface area is 95.8 Å². The first kappa shape index (κ1) is 11.3. The average molecular weight is 222 g/mol. The normalized spacial score (nSPS) is 21.2. The van der Waals surface area contributed by atoms with Crippen LogP contribution in [0.25, 0.3) is 0 Å². The van der Waals surface area contributed by atoms with Crippen LogP contribution in [-0.4, -0.2) is 48.2 Å². The Morgan fingerprint density at radius 2 is 2.38 bits per heavy atom. The lowest BCUT2D eigenvalue weighted by atomic mass is 10.3. The molecule has 0 bridgehead atoms. The van der Waals surface area contributed by atoms with E-state index in [4.69, 9.17) is 4.74 Å². The minimum absolute atomic E-state index is 0.379. The van der Waals surface area contributed by atoms with Crippen LogP contribution in [0.3, 0.4) is 0 Å². The van der Waals surface area contributed by atoms with Gasteiger partial charge in [-0.1, -0.05) is 0 Å². The molecule has 1 aliphatic rings. The van der Waals surface area contributed by atoms with E-state index in [-0.39, 0.29) is 0 Å². The second-order valence-electron chi connectivity index (χ2n) is 4.02. The van der Waals surface area contributed by atoms with Crippen molar-refractivity contribution in [1.82, 2.24) is 14.9 Å². The molecule has 1 aromatic rings. The van der Waals surface area contributed by atoms with Crippen molar-refractivity contribution in [3.8, 4) is 0 Å². The number of nitrogens with one attached hydrogen (secondary N) is 1. The van der Waals surface area contributed by atoms with E-state index >= 15 is 0 Å². The Morgan fingerprint density at radius 3 is 2.94 bits per heavy atom. The van der Waals surface area contributed by atoms with E-state index in [1.165, 1.54) is 0 Å². The second kappa shape index (κ2) is 5.23. The molecule has 1 unspecified atom stereocenters. The predicted octanol–water partition coefficient (Wildman–Crippen LogP) is 0.739. The highest BCUT2D eigenvalue weighted by molar-refractivity contribution is 5.29. The molecule has 1 aromatic heterocycles. The molecular weight excluding hydrogens is 204 g/mol. The van der Waals surface area contributed by atoms with Gasteiger partial charge in [0.05, 0.1) is 24.2 Å². The number of hydrogen-bond donors (Lipinski definition) is 1. The van der Waals surface area contributed by atoms with Crippen molar-refractivity contribution in [3.63, 3.8) is 0 Å². The van der Waals surface area contributed by atoms with Gasteiger partial charge in [0.15, 0.2) is 0 Å². The molecule has 2 rings (SSSR count). The molecule has 0 aliphatic carbocycles. The summed E-state index contributed by atoms with van der Waals surface area (Å²) in [6.07, 6.45) is 5.08. The molecule has 1 N–H and O–H groups in total. The van der Waals surface area contributed by atoms with E-state index in [2.05, 4.69) is 20.2 Å². The van der Waals surface area contributed by atoms with E-state index in [1.54, 1.807) is 13.3 Å². The number of likely N-dealkylation sites (tertiary alicyclic amines) is 1. The van der Waals surface area contributed by atoms with Gasteiger partial charge in [-0.05, 0) is 6.42 Å². The molecular formula is C11H18N4O. The maximum absolute atomic E-state index is 5.33. The smallest absolute Gasteiger partial charge is 0.144 e. The largest absolute Gasteiger partial charge is 0.380 e. The van der Waals surface area contributed by atoms with Gasteiger partial charge in [0.1, 0.15) is 5.82 Å². The fraction of sp³-hybridized carbons (Fsp3) is 0.636. The van der Waals surface area contributed by atoms with Crippen LogP contribution in [0.5, 0.6) is 0 Å². The molecule has 1 aliphatic heterocycles. The maximum atomic E-state index is 5.33. The second-order valence-corrected chi connectivity index (χ2v) is 4.02. The van der Waals surface area contributed by atoms with Crippen LogP contribution in [0.15, 0.2) is 12.4 Å². The summed E-state index contributed by atoms with van der Waals surface area (Å²) in [4.78, 5) is 10.9. The Morgan fingerprint density at radius 1 is 1.50 bits per heavy atom. The van der Waals surface area contributed by atoms with Gasteiger partial charge in [-0.2, -0.15) is 0 Å². The molecule has 5 heteroatoms. The van der Waals surface area contributed by atoms with Crippen molar-refractivity contribution >= 4 is 5.82 Å². The molecule has 0 spiro atoms. The molecule has 0 radical (unpaired) electrons. The highest BCUT2D eigenvalue weighted by Crippen LogP contribution is 2.14. The molecule has 1 fully saturated rings. The average Bonchev–Trinajstić information content (AvgIpc) is 2.78. The third kappa shape index (κ3) is 2.68. The van der Waals surface area contributed by atoms with Crippen LogP contribution in [0.1, 0.15) is 12.1 Å². The van der Waals surface area contributed by atoms with Crippen molar-refractivity contribution in [1.29, 1.82) is 0 Å². The summed E-state index contributed by atoms with van der Waals surface area (Å²) < 4.78 is 5.33. The highest BCUT2D eigenvalue weighted by atomic mass is 16.5. The summed E-state index contributed by atoms with van der Waals surface area (Å²) in [6.45, 7) is 2.93. The Balaban J connectivity index is 1.89. The van der Waals surface area contributed by atoms with Gasteiger partial charge < -0.3 is 10.1 Å². The van der Waals surface area contributed by atoms with Gasteiger partial charge in [0.25, 0.3) is 0 Å². The van der Waals surface area contributed by atoms with Crippen LogP contribution in [0.2, 0.25) is 0 Å². The van der Waals surface area contributed by atoms with Crippen molar-refractivity contribution in [2.24, 2.45) is 0 Å². The minimum atomic E-state index is 0.379. The van der Waals surface area contributed by atoms with Crippen molar-refractivity contribution in [3.05, 3.63) is 18.1 Å². The number of rotatable bonds is 4. The molecule has 0 amide bonds. The number of anilines is 1. The number of nitrogens with zero attached hydrogens (tertiary/aromatic N) is 3. The van der Waals surface area contributed by atoms with Crippen molar-refractivity contribution in [2.45, 2.75) is 19.1 Å². The first-order valence-electron chi connectivity index (χ1n) is 5.55. The first-order chi connectivity index (χ1) is 7.81. The molecule has 16 heavy (non-hydrogen) atoms. The lowest BCUT2D eigenvalue weighted by Gasteiger charge is -2.14. The predicted molar refractivity (Wildman–Crippen MR) is 62.3 cm³/mol. The number of aromatic nitrogens is 2. The van der Waals surface area contributed by atoms with E-state index in [0.717, 1.165) is 37.6 Å². The minimum Gasteiger partial charge on any atom is -0.380 e. The van der Waals surface area contributed by atoms with Crippen LogP contribution < -0.4 is 5.32 Å². The number of methoxy groups -OCH3 is 1. The SMILES string of the molecule is CNc1cnc(CN2CCC(OC)C2)cn1. The van der Waals surface area contributed by atoms with Crippen LogP contribution in [-0.2, 0) is 11.3 Å². The molecule has 88 valence electrons. The lowest BCUT2D eigenvalue weighted by Crippen LogP contribution is -2.23. The van der Waals surface area contributed by atoms with Gasteiger partial charge in [-0.15, -0.1) is 0 Å². The molecule has 0 saturated carbocycles. The quantitative estimate of drug-likeness (QED) is 0.814. The Hall–Kier alpha value is -1.20. The standard InChI is InChI=1S/C11H18N4O/c1-12-11-6-13-9(5-14-11)7-15-4-3-10(8-15)16-2/h5-6,10H,3-4,7-8H2,1-2H3,(H,12,14). The van der Waals surface area contributed by atoms with Crippen molar-refractivity contribution in [2.75, 3.05) is 32.6 Å². The monoisotopic (exact) mass is 222 g/mol. The van der Waals surface area contributed by atoms with E-state index in [1.807, 2.05) is 13.2 Å². The van der Waals surface area contributed by atoms with Crippen LogP contribution in [0, 0.1) is 0 Å². The van der Waals surface area contributed by atoms with Crippen LogP contribution >= 0.6 is 0 Å². The van der Waals surface area contributed by atoms with Gasteiger partial charge >= 0.3 is 0 Å². The zero-order chi connectivity index (χ0) is 11.4. The van der Waals surface area contributed by atoms with Gasteiger partial charge in [0, 0.05) is 33.8 Å². The topological polar surface area (TPSA) is 50.3 Å². The first-order valence-corrected chi connectivity index (χ1v) is 5.55. The summed E-state index contributed by atoms with van der Waals surface area (Å²) in [5.74, 6) is 0.805. The zero-order valence-corrected chi connectivity index (χ0v) is 9.81. The maximum Gasteiger partial charge on any atom is 0.144 e.